The maximum absolute atomic E-state index is 8.59. The summed E-state index contributed by atoms with van der Waals surface area (Å²) in [5, 5.41) is 8.59. The summed E-state index contributed by atoms with van der Waals surface area (Å²) >= 11 is 0. The van der Waals surface area contributed by atoms with Crippen LogP contribution in [0.15, 0.2) is 12.3 Å². The number of rotatable bonds is 17. The lowest BCUT2D eigenvalue weighted by molar-refractivity contribution is 0.199. The van der Waals surface area contributed by atoms with Crippen molar-refractivity contribution >= 4 is 0 Å². The zero-order valence-corrected chi connectivity index (χ0v) is 14.3. The van der Waals surface area contributed by atoms with Crippen LogP contribution in [-0.4, -0.2) is 18.3 Å². The molecule has 0 bridgehead atoms. The molecular weight excluding hydrogens is 260 g/mol. The second-order valence-corrected chi connectivity index (χ2v) is 6.00. The molecule has 0 aliphatic heterocycles. The van der Waals surface area contributed by atoms with Crippen LogP contribution in [0.25, 0.3) is 0 Å². The molecule has 0 spiro atoms. The van der Waals surface area contributed by atoms with E-state index in [1.54, 1.807) is 6.26 Å². The maximum Gasteiger partial charge on any atom is 0.0895 e. The van der Waals surface area contributed by atoms with Gasteiger partial charge in [-0.25, -0.2) is 0 Å². The summed E-state index contributed by atoms with van der Waals surface area (Å²) in [7, 11) is 0. The quantitative estimate of drug-likeness (QED) is 0.264. The van der Waals surface area contributed by atoms with E-state index in [0.717, 1.165) is 12.8 Å². The molecule has 1 N–H and O–H groups in total. The third-order valence-electron chi connectivity index (χ3n) is 3.84. The Morgan fingerprint density at radius 2 is 1.24 bits per heavy atom. The molecule has 2 nitrogen and oxygen atoms in total. The standard InChI is InChI=1S/C19H38O2/c1-2-3-4-5-6-7-8-9-10-11-12-13-14-15-18-21-19-16-17-20/h15,18,20H,2-14,16-17,19H2,1H3/b18-15-. The van der Waals surface area contributed by atoms with Crippen LogP contribution >= 0.6 is 0 Å². The molecule has 0 rings (SSSR count). The lowest BCUT2D eigenvalue weighted by Gasteiger charge is -2.02. The highest BCUT2D eigenvalue weighted by molar-refractivity contribution is 4.73. The second kappa shape index (κ2) is 19.5. The highest BCUT2D eigenvalue weighted by Gasteiger charge is 1.93. The number of aliphatic hydroxyl groups excluding tert-OH is 1. The molecule has 0 amide bonds. The van der Waals surface area contributed by atoms with Crippen LogP contribution in [0.4, 0.5) is 0 Å². The maximum atomic E-state index is 8.59. The average Bonchev–Trinajstić information content (AvgIpc) is 2.50. The largest absolute Gasteiger partial charge is 0.501 e. The minimum absolute atomic E-state index is 0.215. The van der Waals surface area contributed by atoms with Crippen molar-refractivity contribution in [3.8, 4) is 0 Å². The van der Waals surface area contributed by atoms with Crippen LogP contribution in [0.5, 0.6) is 0 Å². The fraction of sp³-hybridized carbons (Fsp3) is 0.895. The Morgan fingerprint density at radius 3 is 1.76 bits per heavy atom. The van der Waals surface area contributed by atoms with Crippen molar-refractivity contribution in [1.29, 1.82) is 0 Å². The SMILES string of the molecule is CCCCCCCCCCCCCC/C=C\OCCCO. The van der Waals surface area contributed by atoms with Gasteiger partial charge < -0.3 is 9.84 Å². The van der Waals surface area contributed by atoms with Gasteiger partial charge in [0.15, 0.2) is 0 Å². The average molecular weight is 299 g/mol. The van der Waals surface area contributed by atoms with Gasteiger partial charge in [-0.1, -0.05) is 77.6 Å². The molecule has 0 aliphatic carbocycles. The molecule has 126 valence electrons. The zero-order valence-electron chi connectivity index (χ0n) is 14.3. The molecule has 0 radical (unpaired) electrons. The third-order valence-corrected chi connectivity index (χ3v) is 3.84. The molecule has 0 atom stereocenters. The molecule has 2 heteroatoms. The fourth-order valence-corrected chi connectivity index (χ4v) is 2.46. The van der Waals surface area contributed by atoms with Gasteiger partial charge in [0.1, 0.15) is 0 Å². The van der Waals surface area contributed by atoms with Crippen LogP contribution in [0.1, 0.15) is 96.8 Å². The van der Waals surface area contributed by atoms with Crippen molar-refractivity contribution in [2.24, 2.45) is 0 Å². The van der Waals surface area contributed by atoms with Crippen molar-refractivity contribution in [3.05, 3.63) is 12.3 Å². The minimum atomic E-state index is 0.215. The van der Waals surface area contributed by atoms with E-state index in [9.17, 15) is 0 Å². The Labute approximate surface area is 133 Å². The van der Waals surface area contributed by atoms with E-state index in [4.69, 9.17) is 9.84 Å². The Hall–Kier alpha value is -0.500. The molecule has 0 saturated heterocycles. The van der Waals surface area contributed by atoms with Crippen LogP contribution < -0.4 is 0 Å². The Bertz CT molecular complexity index is 202. The van der Waals surface area contributed by atoms with E-state index in [2.05, 4.69) is 13.0 Å². The number of unbranched alkanes of at least 4 members (excludes halogenated alkanes) is 12. The predicted octanol–water partition coefficient (Wildman–Crippen LogP) is 5.99. The summed E-state index contributed by atoms with van der Waals surface area (Å²) in [6, 6.07) is 0. The van der Waals surface area contributed by atoms with Crippen molar-refractivity contribution in [2.45, 2.75) is 96.8 Å². The van der Waals surface area contributed by atoms with Crippen molar-refractivity contribution in [3.63, 3.8) is 0 Å². The summed E-state index contributed by atoms with van der Waals surface area (Å²) in [5.74, 6) is 0. The molecule has 0 aromatic carbocycles. The Balaban J connectivity index is 2.99. The van der Waals surface area contributed by atoms with Gasteiger partial charge >= 0.3 is 0 Å². The monoisotopic (exact) mass is 298 g/mol. The van der Waals surface area contributed by atoms with Crippen molar-refractivity contribution < 1.29 is 9.84 Å². The van der Waals surface area contributed by atoms with E-state index in [1.807, 2.05) is 0 Å². The Morgan fingerprint density at radius 1 is 0.714 bits per heavy atom. The lowest BCUT2D eigenvalue weighted by atomic mass is 10.0. The van der Waals surface area contributed by atoms with E-state index in [-0.39, 0.29) is 6.61 Å². The summed E-state index contributed by atoms with van der Waals surface area (Å²) in [6.45, 7) is 3.12. The normalized spacial score (nSPS) is 11.3. The van der Waals surface area contributed by atoms with E-state index >= 15 is 0 Å². The smallest absolute Gasteiger partial charge is 0.0895 e. The van der Waals surface area contributed by atoms with Gasteiger partial charge in [-0.15, -0.1) is 0 Å². The van der Waals surface area contributed by atoms with Crippen LogP contribution in [0, 0.1) is 0 Å². The molecule has 0 aromatic heterocycles. The number of ether oxygens (including phenoxy) is 1. The van der Waals surface area contributed by atoms with Gasteiger partial charge in [-0.2, -0.15) is 0 Å². The highest BCUT2D eigenvalue weighted by Crippen LogP contribution is 2.12. The van der Waals surface area contributed by atoms with Gasteiger partial charge in [0.05, 0.1) is 12.9 Å². The summed E-state index contributed by atoms with van der Waals surface area (Å²) < 4.78 is 5.24. The molecule has 0 aromatic rings. The molecule has 21 heavy (non-hydrogen) atoms. The summed E-state index contributed by atoms with van der Waals surface area (Å²) in [5.41, 5.74) is 0. The van der Waals surface area contributed by atoms with Gasteiger partial charge in [0, 0.05) is 13.0 Å². The zero-order chi connectivity index (χ0) is 15.4. The Kier molecular flexibility index (Phi) is 19.0. The second-order valence-electron chi connectivity index (χ2n) is 6.00. The van der Waals surface area contributed by atoms with Crippen molar-refractivity contribution in [2.75, 3.05) is 13.2 Å². The van der Waals surface area contributed by atoms with Crippen LogP contribution in [0.3, 0.4) is 0 Å². The minimum Gasteiger partial charge on any atom is -0.501 e. The highest BCUT2D eigenvalue weighted by atomic mass is 16.5. The van der Waals surface area contributed by atoms with Gasteiger partial charge in [-0.05, 0) is 18.9 Å². The molecular formula is C19H38O2. The van der Waals surface area contributed by atoms with Gasteiger partial charge in [-0.3, -0.25) is 0 Å². The summed E-state index contributed by atoms with van der Waals surface area (Å²) in [4.78, 5) is 0. The summed E-state index contributed by atoms with van der Waals surface area (Å²) in [6.07, 6.45) is 22.5. The number of allylic oxidation sites excluding steroid dienone is 1. The number of aliphatic hydroxyl groups is 1. The predicted molar refractivity (Wildman–Crippen MR) is 92.5 cm³/mol. The van der Waals surface area contributed by atoms with Gasteiger partial charge in [0.2, 0.25) is 0 Å². The molecule has 0 aliphatic rings. The van der Waals surface area contributed by atoms with E-state index < -0.39 is 0 Å². The molecule has 0 unspecified atom stereocenters. The van der Waals surface area contributed by atoms with Gasteiger partial charge in [0.25, 0.3) is 0 Å². The first-order valence-corrected chi connectivity index (χ1v) is 9.29. The molecule has 0 fully saturated rings. The number of hydrogen-bond donors (Lipinski definition) is 1. The number of hydrogen-bond acceptors (Lipinski definition) is 2. The van der Waals surface area contributed by atoms with Crippen LogP contribution in [-0.2, 0) is 4.74 Å². The molecule has 0 saturated carbocycles. The topological polar surface area (TPSA) is 29.5 Å². The third kappa shape index (κ3) is 19.5. The first-order valence-electron chi connectivity index (χ1n) is 9.29. The first kappa shape index (κ1) is 20.5. The fourth-order valence-electron chi connectivity index (χ4n) is 2.46. The molecule has 0 heterocycles. The first-order chi connectivity index (χ1) is 10.4. The van der Waals surface area contributed by atoms with Crippen LogP contribution in [0.2, 0.25) is 0 Å². The lowest BCUT2D eigenvalue weighted by Crippen LogP contribution is -1.90. The van der Waals surface area contributed by atoms with E-state index in [0.29, 0.717) is 6.61 Å². The van der Waals surface area contributed by atoms with E-state index in [1.165, 1.54) is 77.0 Å². The van der Waals surface area contributed by atoms with Crippen molar-refractivity contribution in [1.82, 2.24) is 0 Å².